The Kier molecular flexibility index (Phi) is 6.65. The number of nitrogens with zero attached hydrogens (tertiary/aromatic N) is 4. The van der Waals surface area contributed by atoms with Gasteiger partial charge in [-0.2, -0.15) is 5.10 Å². The molecule has 0 fully saturated rings. The van der Waals surface area contributed by atoms with Gasteiger partial charge in [0.05, 0.1) is 28.5 Å². The first-order valence-electron chi connectivity index (χ1n) is 13.8. The highest BCUT2D eigenvalue weighted by Crippen LogP contribution is 2.48. The van der Waals surface area contributed by atoms with Gasteiger partial charge >= 0.3 is 0 Å². The molecule has 1 aliphatic heterocycles. The van der Waals surface area contributed by atoms with Gasteiger partial charge in [-0.05, 0) is 47.4 Å². The van der Waals surface area contributed by atoms with E-state index in [0.29, 0.717) is 6.54 Å². The molecule has 0 amide bonds. The number of rotatable bonds is 8. The standard InChI is InChI=1S/C34H35N5/c1-4-23-38-30-18-12-11-17-29(30)36-33(38)35-24-25-19-21-28(22-20-25)39-32(27-15-9-6-10-16-27)34(2,3)31(37-39)26-13-7-5-8-14-26/h5-22,32H,4,23-24H2,1-3H3,(H,35,36)/t32-/m1/s1. The van der Waals surface area contributed by atoms with Crippen LogP contribution in [0.2, 0.25) is 0 Å². The monoisotopic (exact) mass is 513 g/mol. The zero-order valence-electron chi connectivity index (χ0n) is 22.9. The van der Waals surface area contributed by atoms with Crippen LogP contribution in [0.25, 0.3) is 11.0 Å². The van der Waals surface area contributed by atoms with Crippen molar-refractivity contribution in [2.45, 2.75) is 46.3 Å². The van der Waals surface area contributed by atoms with Gasteiger partial charge in [0.2, 0.25) is 5.95 Å². The highest BCUT2D eigenvalue weighted by atomic mass is 15.5. The van der Waals surface area contributed by atoms with Gasteiger partial charge in [0.15, 0.2) is 0 Å². The summed E-state index contributed by atoms with van der Waals surface area (Å²) < 4.78 is 2.28. The van der Waals surface area contributed by atoms with Crippen LogP contribution in [0.3, 0.4) is 0 Å². The number of benzene rings is 4. The Hall–Kier alpha value is -4.38. The minimum Gasteiger partial charge on any atom is -0.352 e. The van der Waals surface area contributed by atoms with E-state index < -0.39 is 0 Å². The molecule has 1 aromatic heterocycles. The fraction of sp³-hybridized carbons (Fsp3) is 0.235. The highest BCUT2D eigenvalue weighted by Gasteiger charge is 2.46. The van der Waals surface area contributed by atoms with Crippen LogP contribution in [-0.4, -0.2) is 15.3 Å². The molecule has 1 atom stereocenters. The Morgan fingerprint density at radius 2 is 1.46 bits per heavy atom. The Morgan fingerprint density at radius 3 is 2.18 bits per heavy atom. The molecule has 0 saturated heterocycles. The van der Waals surface area contributed by atoms with Gasteiger partial charge in [0.25, 0.3) is 0 Å². The molecule has 0 radical (unpaired) electrons. The number of imidazole rings is 1. The molecule has 6 rings (SSSR count). The minimum absolute atomic E-state index is 0.0897. The maximum absolute atomic E-state index is 5.24. The number of hydrazone groups is 1. The van der Waals surface area contributed by atoms with Crippen LogP contribution >= 0.6 is 0 Å². The zero-order chi connectivity index (χ0) is 26.8. The zero-order valence-corrected chi connectivity index (χ0v) is 22.9. The molecule has 2 heterocycles. The van der Waals surface area contributed by atoms with Crippen LogP contribution in [0.15, 0.2) is 114 Å². The summed E-state index contributed by atoms with van der Waals surface area (Å²) in [5.41, 5.74) is 7.85. The van der Waals surface area contributed by atoms with Crippen molar-refractivity contribution in [3.8, 4) is 0 Å². The summed E-state index contributed by atoms with van der Waals surface area (Å²) in [7, 11) is 0. The van der Waals surface area contributed by atoms with Crippen molar-refractivity contribution in [2.75, 3.05) is 10.3 Å². The first-order chi connectivity index (χ1) is 19.1. The molecule has 5 aromatic rings. The molecular weight excluding hydrogens is 478 g/mol. The molecular formula is C34H35N5. The molecule has 0 unspecified atom stereocenters. The predicted octanol–water partition coefficient (Wildman–Crippen LogP) is 8.05. The van der Waals surface area contributed by atoms with Crippen LogP contribution in [0, 0.1) is 5.41 Å². The number of anilines is 2. The van der Waals surface area contributed by atoms with E-state index >= 15 is 0 Å². The summed E-state index contributed by atoms with van der Waals surface area (Å²) >= 11 is 0. The van der Waals surface area contributed by atoms with Gasteiger partial charge in [-0.3, -0.25) is 5.01 Å². The Balaban J connectivity index is 1.28. The molecule has 0 saturated carbocycles. The Labute approximate surface area is 230 Å². The third kappa shape index (κ3) is 4.69. The van der Waals surface area contributed by atoms with E-state index in [2.05, 4.69) is 139 Å². The average molecular weight is 514 g/mol. The second-order valence-corrected chi connectivity index (χ2v) is 10.8. The number of para-hydroxylation sites is 2. The number of aromatic nitrogens is 2. The molecule has 5 nitrogen and oxygen atoms in total. The van der Waals surface area contributed by atoms with Crippen molar-refractivity contribution in [3.05, 3.63) is 126 Å². The van der Waals surface area contributed by atoms with Crippen LogP contribution in [0.4, 0.5) is 11.6 Å². The lowest BCUT2D eigenvalue weighted by Gasteiger charge is -2.33. The van der Waals surface area contributed by atoms with Crippen molar-refractivity contribution < 1.29 is 0 Å². The Morgan fingerprint density at radius 1 is 0.795 bits per heavy atom. The molecule has 4 aromatic carbocycles. The molecule has 0 spiro atoms. The lowest BCUT2D eigenvalue weighted by atomic mass is 9.75. The highest BCUT2D eigenvalue weighted by molar-refractivity contribution is 6.07. The second kappa shape index (κ2) is 10.4. The van der Waals surface area contributed by atoms with E-state index in [-0.39, 0.29) is 11.5 Å². The number of aryl methyl sites for hydroxylation is 1. The smallest absolute Gasteiger partial charge is 0.204 e. The summed E-state index contributed by atoms with van der Waals surface area (Å²) in [6.07, 6.45) is 1.06. The predicted molar refractivity (Wildman–Crippen MR) is 162 cm³/mol. The molecule has 1 N–H and O–H groups in total. The van der Waals surface area contributed by atoms with E-state index in [9.17, 15) is 0 Å². The third-order valence-electron chi connectivity index (χ3n) is 7.66. The summed E-state index contributed by atoms with van der Waals surface area (Å²) in [6, 6.07) is 38.5. The lowest BCUT2D eigenvalue weighted by Crippen LogP contribution is -2.32. The van der Waals surface area contributed by atoms with E-state index in [0.717, 1.165) is 35.8 Å². The first-order valence-corrected chi connectivity index (χ1v) is 13.8. The van der Waals surface area contributed by atoms with Crippen LogP contribution < -0.4 is 10.3 Å². The average Bonchev–Trinajstić information content (AvgIpc) is 3.47. The quantitative estimate of drug-likeness (QED) is 0.228. The van der Waals surface area contributed by atoms with Crippen LogP contribution in [-0.2, 0) is 13.1 Å². The maximum Gasteiger partial charge on any atom is 0.204 e. The maximum atomic E-state index is 5.24. The normalized spacial score (nSPS) is 16.4. The molecule has 196 valence electrons. The van der Waals surface area contributed by atoms with Crippen molar-refractivity contribution in [3.63, 3.8) is 0 Å². The SMILES string of the molecule is CCCn1c(NCc2ccc(N3N=C(c4ccccc4)C(C)(C)[C@H]3c3ccccc3)cc2)nc2ccccc21. The molecule has 1 aliphatic rings. The lowest BCUT2D eigenvalue weighted by molar-refractivity contribution is 0.425. The largest absolute Gasteiger partial charge is 0.352 e. The third-order valence-corrected chi connectivity index (χ3v) is 7.66. The van der Waals surface area contributed by atoms with E-state index in [4.69, 9.17) is 10.1 Å². The molecule has 0 aliphatic carbocycles. The summed E-state index contributed by atoms with van der Waals surface area (Å²) in [6.45, 7) is 8.45. The van der Waals surface area contributed by atoms with Gasteiger partial charge < -0.3 is 9.88 Å². The fourth-order valence-corrected chi connectivity index (χ4v) is 5.76. The van der Waals surface area contributed by atoms with Crippen LogP contribution in [0.1, 0.15) is 49.9 Å². The first kappa shape index (κ1) is 24.9. The molecule has 39 heavy (non-hydrogen) atoms. The second-order valence-electron chi connectivity index (χ2n) is 10.8. The number of hydrogen-bond acceptors (Lipinski definition) is 4. The van der Waals surface area contributed by atoms with Gasteiger partial charge in [-0.25, -0.2) is 4.98 Å². The van der Waals surface area contributed by atoms with Crippen molar-refractivity contribution >= 4 is 28.4 Å². The molecule has 0 bridgehead atoms. The minimum atomic E-state index is -0.179. The van der Waals surface area contributed by atoms with E-state index in [1.807, 2.05) is 6.07 Å². The summed E-state index contributed by atoms with van der Waals surface area (Å²) in [4.78, 5) is 4.85. The summed E-state index contributed by atoms with van der Waals surface area (Å²) in [5.74, 6) is 0.921. The van der Waals surface area contributed by atoms with Gasteiger partial charge in [0, 0.05) is 18.5 Å². The molecule has 5 heteroatoms. The van der Waals surface area contributed by atoms with E-state index in [1.165, 1.54) is 22.2 Å². The fourth-order valence-electron chi connectivity index (χ4n) is 5.76. The summed E-state index contributed by atoms with van der Waals surface area (Å²) in [5, 5.41) is 11.0. The van der Waals surface area contributed by atoms with Crippen molar-refractivity contribution in [1.29, 1.82) is 0 Å². The van der Waals surface area contributed by atoms with Crippen molar-refractivity contribution in [2.24, 2.45) is 10.5 Å². The van der Waals surface area contributed by atoms with Gasteiger partial charge in [-0.15, -0.1) is 0 Å². The number of hydrogen-bond donors (Lipinski definition) is 1. The number of nitrogens with one attached hydrogen (secondary N) is 1. The Bertz CT molecular complexity index is 1580. The van der Waals surface area contributed by atoms with Gasteiger partial charge in [0.1, 0.15) is 0 Å². The topological polar surface area (TPSA) is 45.5 Å². The van der Waals surface area contributed by atoms with Gasteiger partial charge in [-0.1, -0.05) is 106 Å². The van der Waals surface area contributed by atoms with Crippen molar-refractivity contribution in [1.82, 2.24) is 9.55 Å². The van der Waals surface area contributed by atoms with Crippen LogP contribution in [0.5, 0.6) is 0 Å². The number of fused-ring (bicyclic) bond motifs is 1. The van der Waals surface area contributed by atoms with E-state index in [1.54, 1.807) is 0 Å².